The normalized spacial score (nSPS) is 21.8. The van der Waals surface area contributed by atoms with E-state index in [1.54, 1.807) is 0 Å². The minimum atomic E-state index is 0. The van der Waals surface area contributed by atoms with Crippen molar-refractivity contribution in [2.24, 2.45) is 17.8 Å². The van der Waals surface area contributed by atoms with Crippen molar-refractivity contribution in [1.29, 1.82) is 0 Å². The average molecular weight is 316 g/mol. The van der Waals surface area contributed by atoms with E-state index in [4.69, 9.17) is 4.74 Å². The molecule has 0 aromatic rings. The monoisotopic (exact) mass is 315 g/mol. The minimum Gasteiger partial charge on any atom is -0.381 e. The van der Waals surface area contributed by atoms with Gasteiger partial charge in [0.2, 0.25) is 0 Å². The van der Waals surface area contributed by atoms with Crippen LogP contribution in [-0.2, 0) is 4.74 Å². The molecule has 136 valence electrons. The summed E-state index contributed by atoms with van der Waals surface area (Å²) in [5, 5.41) is 3.72. The van der Waals surface area contributed by atoms with E-state index in [0.717, 1.165) is 5.92 Å². The van der Waals surface area contributed by atoms with Gasteiger partial charge in [-0.05, 0) is 58.3 Å². The summed E-state index contributed by atoms with van der Waals surface area (Å²) < 4.78 is 5.71. The lowest BCUT2D eigenvalue weighted by Gasteiger charge is -2.49. The lowest BCUT2D eigenvalue weighted by molar-refractivity contribution is -0.0267. The highest BCUT2D eigenvalue weighted by molar-refractivity contribution is 4.99. The number of methoxy groups -OCH3 is 1. The number of nitrogens with one attached hydrogen (secondary N) is 1. The third-order valence-electron chi connectivity index (χ3n) is 4.43. The lowest BCUT2D eigenvalue weighted by atomic mass is 9.72. The van der Waals surface area contributed by atoms with Gasteiger partial charge in [0.1, 0.15) is 0 Å². The predicted molar refractivity (Wildman–Crippen MR) is 102 cm³/mol. The van der Waals surface area contributed by atoms with Crippen molar-refractivity contribution in [2.75, 3.05) is 7.11 Å². The van der Waals surface area contributed by atoms with Crippen LogP contribution in [0.2, 0.25) is 0 Å². The van der Waals surface area contributed by atoms with Crippen LogP contribution < -0.4 is 5.32 Å². The number of piperidine rings is 1. The SMILES string of the molecule is C.CCC(C)C.COC(C(C)C)C1CC(C)(C)NC(C)(C)C1. The molecule has 1 unspecified atom stereocenters. The topological polar surface area (TPSA) is 21.3 Å². The Morgan fingerprint density at radius 2 is 1.36 bits per heavy atom. The third kappa shape index (κ3) is 9.15. The molecule has 1 atom stereocenters. The second-order valence-electron chi connectivity index (χ2n) is 8.81. The van der Waals surface area contributed by atoms with Gasteiger partial charge in [-0.2, -0.15) is 0 Å². The van der Waals surface area contributed by atoms with Crippen molar-refractivity contribution in [1.82, 2.24) is 5.32 Å². The molecule has 1 N–H and O–H groups in total. The highest BCUT2D eigenvalue weighted by Gasteiger charge is 2.41. The molecule has 1 saturated heterocycles. The fraction of sp³-hybridized carbons (Fsp3) is 1.00. The van der Waals surface area contributed by atoms with Gasteiger partial charge in [0.05, 0.1) is 6.10 Å². The molecule has 2 heteroatoms. The van der Waals surface area contributed by atoms with Crippen molar-refractivity contribution < 1.29 is 4.74 Å². The summed E-state index contributed by atoms with van der Waals surface area (Å²) in [6.45, 7) is 20.4. The van der Waals surface area contributed by atoms with E-state index in [1.807, 2.05) is 7.11 Å². The summed E-state index contributed by atoms with van der Waals surface area (Å²) in [6.07, 6.45) is 4.10. The van der Waals surface area contributed by atoms with E-state index < -0.39 is 0 Å². The molecule has 0 aromatic carbocycles. The molecule has 1 rings (SSSR count). The van der Waals surface area contributed by atoms with Crippen molar-refractivity contribution in [3.63, 3.8) is 0 Å². The summed E-state index contributed by atoms with van der Waals surface area (Å²) in [5.74, 6) is 2.14. The van der Waals surface area contributed by atoms with Crippen LogP contribution >= 0.6 is 0 Å². The maximum atomic E-state index is 5.71. The van der Waals surface area contributed by atoms with E-state index in [2.05, 4.69) is 67.6 Å². The Labute approximate surface area is 141 Å². The van der Waals surface area contributed by atoms with Gasteiger partial charge in [-0.1, -0.05) is 48.5 Å². The molecule has 0 amide bonds. The van der Waals surface area contributed by atoms with Crippen LogP contribution in [0.5, 0.6) is 0 Å². The summed E-state index contributed by atoms with van der Waals surface area (Å²) in [4.78, 5) is 0. The van der Waals surface area contributed by atoms with Crippen LogP contribution in [0.15, 0.2) is 0 Å². The molecule has 1 aliphatic heterocycles. The maximum absolute atomic E-state index is 5.71. The highest BCUT2D eigenvalue weighted by Crippen LogP contribution is 2.37. The van der Waals surface area contributed by atoms with Gasteiger partial charge in [-0.15, -0.1) is 0 Å². The quantitative estimate of drug-likeness (QED) is 0.697. The van der Waals surface area contributed by atoms with Crippen molar-refractivity contribution >= 4 is 0 Å². The summed E-state index contributed by atoms with van der Waals surface area (Å²) in [5.41, 5.74) is 0.441. The molecule has 1 fully saturated rings. The third-order valence-corrected chi connectivity index (χ3v) is 4.43. The summed E-state index contributed by atoms with van der Waals surface area (Å²) >= 11 is 0. The van der Waals surface area contributed by atoms with Gasteiger partial charge in [0, 0.05) is 18.2 Å². The molecule has 0 spiro atoms. The average Bonchev–Trinajstić information content (AvgIpc) is 2.25. The standard InChI is InChI=1S/C14H29NO.C5H12.CH4/c1-10(2)12(16-7)11-8-13(3,4)15-14(5,6)9-11;1-4-5(2)3;/h10-12,15H,8-9H2,1-7H3;5H,4H2,1-3H3;1H4. The lowest BCUT2D eigenvalue weighted by Crippen LogP contribution is -2.59. The molecule has 1 aliphatic rings. The number of rotatable bonds is 4. The Morgan fingerprint density at radius 3 is 1.59 bits per heavy atom. The molecule has 0 aliphatic carbocycles. The van der Waals surface area contributed by atoms with E-state index in [9.17, 15) is 0 Å². The van der Waals surface area contributed by atoms with Crippen molar-refractivity contribution in [3.05, 3.63) is 0 Å². The van der Waals surface area contributed by atoms with E-state index in [-0.39, 0.29) is 18.5 Å². The zero-order chi connectivity index (χ0) is 16.8. The highest BCUT2D eigenvalue weighted by atomic mass is 16.5. The largest absolute Gasteiger partial charge is 0.381 e. The summed E-state index contributed by atoms with van der Waals surface area (Å²) in [6, 6.07) is 0. The molecule has 0 bridgehead atoms. The molecule has 1 heterocycles. The van der Waals surface area contributed by atoms with Crippen LogP contribution in [0.1, 0.15) is 89.0 Å². The molecule has 0 radical (unpaired) electrons. The van der Waals surface area contributed by atoms with Crippen LogP contribution in [-0.4, -0.2) is 24.3 Å². The van der Waals surface area contributed by atoms with Crippen LogP contribution in [0.4, 0.5) is 0 Å². The fourth-order valence-electron chi connectivity index (χ4n) is 3.64. The van der Waals surface area contributed by atoms with Crippen LogP contribution in [0.25, 0.3) is 0 Å². The Hall–Kier alpha value is -0.0800. The predicted octanol–water partition coefficient (Wildman–Crippen LogP) is 5.90. The van der Waals surface area contributed by atoms with E-state index >= 15 is 0 Å². The van der Waals surface area contributed by atoms with Crippen molar-refractivity contribution in [3.8, 4) is 0 Å². The van der Waals surface area contributed by atoms with Gasteiger partial charge in [-0.3, -0.25) is 0 Å². The first-order chi connectivity index (χ1) is 9.44. The smallest absolute Gasteiger partial charge is 0.0623 e. The molecule has 0 saturated carbocycles. The summed E-state index contributed by atoms with van der Waals surface area (Å²) in [7, 11) is 1.85. The zero-order valence-corrected chi connectivity index (χ0v) is 16.3. The Morgan fingerprint density at radius 1 is 1.00 bits per heavy atom. The van der Waals surface area contributed by atoms with Gasteiger partial charge in [0.15, 0.2) is 0 Å². The molecule has 22 heavy (non-hydrogen) atoms. The van der Waals surface area contributed by atoms with Crippen LogP contribution in [0, 0.1) is 17.8 Å². The molecule has 2 nitrogen and oxygen atoms in total. The van der Waals surface area contributed by atoms with E-state index in [0.29, 0.717) is 17.9 Å². The molecule has 0 aromatic heterocycles. The number of ether oxygens (including phenoxy) is 1. The van der Waals surface area contributed by atoms with Crippen LogP contribution in [0.3, 0.4) is 0 Å². The van der Waals surface area contributed by atoms with Gasteiger partial charge >= 0.3 is 0 Å². The Bertz CT molecular complexity index is 265. The second-order valence-corrected chi connectivity index (χ2v) is 8.81. The minimum absolute atomic E-state index is 0. The van der Waals surface area contributed by atoms with Crippen molar-refractivity contribution in [2.45, 2.75) is 106 Å². The fourth-order valence-corrected chi connectivity index (χ4v) is 3.64. The van der Waals surface area contributed by atoms with Gasteiger partial charge < -0.3 is 10.1 Å². The Kier molecular flexibility index (Phi) is 10.9. The zero-order valence-electron chi connectivity index (χ0n) is 16.3. The second kappa shape index (κ2) is 9.93. The first-order valence-electron chi connectivity index (χ1n) is 8.76. The van der Waals surface area contributed by atoms with E-state index in [1.165, 1.54) is 19.3 Å². The van der Waals surface area contributed by atoms with Gasteiger partial charge in [0.25, 0.3) is 0 Å². The molecular formula is C20H45NO. The number of hydrogen-bond donors (Lipinski definition) is 1. The Balaban J connectivity index is 0. The molecular weight excluding hydrogens is 270 g/mol. The number of hydrogen-bond acceptors (Lipinski definition) is 2. The first-order valence-corrected chi connectivity index (χ1v) is 8.76. The first kappa shape index (κ1) is 24.2. The maximum Gasteiger partial charge on any atom is 0.0623 e. The van der Waals surface area contributed by atoms with Gasteiger partial charge in [-0.25, -0.2) is 0 Å².